The number of benzene rings is 6. The fourth-order valence-electron chi connectivity index (χ4n) is 6.88. The van der Waals surface area contributed by atoms with E-state index in [1.165, 1.54) is 54.9 Å². The third-order valence-electron chi connectivity index (χ3n) is 9.26. The smallest absolute Gasteiger partial charge is 0.166 e. The van der Waals surface area contributed by atoms with Crippen molar-refractivity contribution in [3.8, 4) is 39.9 Å². The highest BCUT2D eigenvalue weighted by Crippen LogP contribution is 2.44. The Bertz CT molecular complexity index is 2600. The zero-order chi connectivity index (χ0) is 32.0. The maximum Gasteiger partial charge on any atom is 0.166 e. The van der Waals surface area contributed by atoms with Gasteiger partial charge in [-0.05, 0) is 42.7 Å². The fourth-order valence-corrected chi connectivity index (χ4v) is 8.12. The van der Waals surface area contributed by atoms with Gasteiger partial charge >= 0.3 is 0 Å². The van der Waals surface area contributed by atoms with E-state index in [4.69, 9.17) is 15.0 Å². The van der Waals surface area contributed by atoms with Crippen LogP contribution < -0.4 is 0 Å². The lowest BCUT2D eigenvalue weighted by molar-refractivity contribution is 0.795. The topological polar surface area (TPSA) is 43.6 Å². The van der Waals surface area contributed by atoms with Gasteiger partial charge in [-0.25, -0.2) is 15.0 Å². The van der Waals surface area contributed by atoms with Gasteiger partial charge in [0.05, 0.1) is 21.4 Å². The molecule has 0 saturated heterocycles. The number of thiophene rings is 1. The van der Waals surface area contributed by atoms with E-state index in [9.17, 15) is 0 Å². The zero-order valence-electron chi connectivity index (χ0n) is 26.6. The van der Waals surface area contributed by atoms with E-state index in [2.05, 4.69) is 133 Å². The van der Waals surface area contributed by atoms with Crippen molar-refractivity contribution in [3.05, 3.63) is 145 Å². The van der Waals surface area contributed by atoms with Crippen LogP contribution in [0.5, 0.6) is 0 Å². The molecule has 0 aliphatic rings. The van der Waals surface area contributed by atoms with Crippen molar-refractivity contribution < 1.29 is 0 Å². The molecule has 4 nitrogen and oxygen atoms in total. The molecular formula is C43H32N4S. The van der Waals surface area contributed by atoms with E-state index in [1.54, 1.807) is 0 Å². The predicted molar refractivity (Wildman–Crippen MR) is 202 cm³/mol. The highest BCUT2D eigenvalue weighted by molar-refractivity contribution is 7.26. The van der Waals surface area contributed by atoms with Gasteiger partial charge in [-0.15, -0.1) is 11.3 Å². The average molecular weight is 637 g/mol. The van der Waals surface area contributed by atoms with Gasteiger partial charge in [0.15, 0.2) is 17.5 Å². The standard InChI is InChI=1S/C43H32N4S/c1-2-3-13-28-22-24-30(25-23-28)42-44-41(29-14-5-4-6-15-29)45-43(46-42)35-18-8-11-20-37(35)47-36-19-10-7-16-31(36)33-26-27-34-32-17-9-12-21-38(32)48-40(34)39(33)47/h4-12,14-27H,2-3,13H2,1H3. The van der Waals surface area contributed by atoms with Crippen LogP contribution in [0.2, 0.25) is 0 Å². The Morgan fingerprint density at radius 3 is 2.00 bits per heavy atom. The first-order valence-corrected chi connectivity index (χ1v) is 17.4. The van der Waals surface area contributed by atoms with Gasteiger partial charge in [0, 0.05) is 42.9 Å². The van der Waals surface area contributed by atoms with Crippen molar-refractivity contribution in [2.75, 3.05) is 0 Å². The quantitative estimate of drug-likeness (QED) is 0.175. The normalized spacial score (nSPS) is 11.7. The third kappa shape index (κ3) is 4.78. The molecule has 0 aliphatic carbocycles. The van der Waals surface area contributed by atoms with Gasteiger partial charge in [0.25, 0.3) is 0 Å². The molecule has 230 valence electrons. The molecule has 48 heavy (non-hydrogen) atoms. The van der Waals surface area contributed by atoms with Crippen LogP contribution in [-0.2, 0) is 6.42 Å². The van der Waals surface area contributed by atoms with E-state index in [0.29, 0.717) is 17.5 Å². The molecule has 6 aromatic carbocycles. The van der Waals surface area contributed by atoms with E-state index in [-0.39, 0.29) is 0 Å². The monoisotopic (exact) mass is 636 g/mol. The number of fused-ring (bicyclic) bond motifs is 7. The van der Waals surface area contributed by atoms with E-state index < -0.39 is 0 Å². The van der Waals surface area contributed by atoms with Crippen LogP contribution in [0.3, 0.4) is 0 Å². The molecule has 9 aromatic rings. The summed E-state index contributed by atoms with van der Waals surface area (Å²) in [5.74, 6) is 1.98. The number of hydrogen-bond donors (Lipinski definition) is 0. The molecular weight excluding hydrogens is 605 g/mol. The first-order valence-electron chi connectivity index (χ1n) is 16.6. The van der Waals surface area contributed by atoms with Crippen molar-refractivity contribution in [1.82, 2.24) is 19.5 Å². The third-order valence-corrected chi connectivity index (χ3v) is 10.5. The van der Waals surface area contributed by atoms with Crippen molar-refractivity contribution >= 4 is 53.3 Å². The predicted octanol–water partition coefficient (Wildman–Crippen LogP) is 11.7. The minimum absolute atomic E-state index is 0.652. The summed E-state index contributed by atoms with van der Waals surface area (Å²) in [5, 5.41) is 5.04. The Hall–Kier alpha value is -5.65. The van der Waals surface area contributed by atoms with Crippen LogP contribution >= 0.6 is 11.3 Å². The SMILES string of the molecule is CCCCc1ccc(-c2nc(-c3ccccc3)nc(-c3ccccc3-n3c4ccccc4c4ccc5c6ccccc6sc5c43)n2)cc1. The van der Waals surface area contributed by atoms with Crippen molar-refractivity contribution in [2.24, 2.45) is 0 Å². The molecule has 3 heterocycles. The molecule has 0 N–H and O–H groups in total. The molecule has 0 atom stereocenters. The average Bonchev–Trinajstić information content (AvgIpc) is 3.70. The summed E-state index contributed by atoms with van der Waals surface area (Å²) in [6, 6.07) is 49.4. The maximum atomic E-state index is 5.19. The summed E-state index contributed by atoms with van der Waals surface area (Å²) >= 11 is 1.86. The second-order valence-corrected chi connectivity index (χ2v) is 13.3. The van der Waals surface area contributed by atoms with E-state index in [0.717, 1.165) is 34.3 Å². The first kappa shape index (κ1) is 28.6. The fraction of sp³-hybridized carbons (Fsp3) is 0.0930. The lowest BCUT2D eigenvalue weighted by Crippen LogP contribution is -2.03. The Morgan fingerprint density at radius 2 is 1.19 bits per heavy atom. The molecule has 9 rings (SSSR count). The van der Waals surface area contributed by atoms with Crippen molar-refractivity contribution in [1.29, 1.82) is 0 Å². The van der Waals surface area contributed by atoms with Crippen molar-refractivity contribution in [2.45, 2.75) is 26.2 Å². The molecule has 0 fully saturated rings. The van der Waals surface area contributed by atoms with Crippen LogP contribution in [0.4, 0.5) is 0 Å². The lowest BCUT2D eigenvalue weighted by Gasteiger charge is -2.15. The van der Waals surface area contributed by atoms with Crippen LogP contribution in [-0.4, -0.2) is 19.5 Å². The van der Waals surface area contributed by atoms with Crippen LogP contribution in [0.1, 0.15) is 25.3 Å². The Kier molecular flexibility index (Phi) is 7.06. The Balaban J connectivity index is 1.31. The van der Waals surface area contributed by atoms with Gasteiger partial charge in [-0.1, -0.05) is 129 Å². The highest BCUT2D eigenvalue weighted by Gasteiger charge is 2.21. The van der Waals surface area contributed by atoms with Crippen molar-refractivity contribution in [3.63, 3.8) is 0 Å². The largest absolute Gasteiger partial charge is 0.307 e. The Morgan fingerprint density at radius 1 is 0.542 bits per heavy atom. The minimum atomic E-state index is 0.652. The molecule has 0 unspecified atom stereocenters. The molecule has 0 radical (unpaired) electrons. The second kappa shape index (κ2) is 11.9. The van der Waals surface area contributed by atoms with Crippen LogP contribution in [0.25, 0.3) is 81.8 Å². The number of aromatic nitrogens is 4. The first-order chi connectivity index (χ1) is 23.8. The minimum Gasteiger partial charge on any atom is -0.307 e. The van der Waals surface area contributed by atoms with Gasteiger partial charge in [-0.2, -0.15) is 0 Å². The number of aryl methyl sites for hydroxylation is 1. The number of hydrogen-bond acceptors (Lipinski definition) is 4. The molecule has 0 spiro atoms. The summed E-state index contributed by atoms with van der Waals surface area (Å²) in [6.07, 6.45) is 3.44. The molecule has 0 aliphatic heterocycles. The van der Waals surface area contributed by atoms with Crippen LogP contribution in [0.15, 0.2) is 140 Å². The molecule has 0 saturated carbocycles. The maximum absolute atomic E-state index is 5.19. The molecule has 3 aromatic heterocycles. The molecule has 0 amide bonds. The summed E-state index contributed by atoms with van der Waals surface area (Å²) < 4.78 is 5.00. The van der Waals surface area contributed by atoms with Gasteiger partial charge in [0.2, 0.25) is 0 Å². The van der Waals surface area contributed by atoms with Gasteiger partial charge in [0.1, 0.15) is 0 Å². The van der Waals surface area contributed by atoms with E-state index >= 15 is 0 Å². The summed E-state index contributed by atoms with van der Waals surface area (Å²) in [4.78, 5) is 15.4. The zero-order valence-corrected chi connectivity index (χ0v) is 27.4. The van der Waals surface area contributed by atoms with Gasteiger partial charge < -0.3 is 4.57 Å². The number of para-hydroxylation sites is 2. The molecule has 0 bridgehead atoms. The summed E-state index contributed by atoms with van der Waals surface area (Å²) in [7, 11) is 0. The van der Waals surface area contributed by atoms with E-state index in [1.807, 2.05) is 29.5 Å². The van der Waals surface area contributed by atoms with Crippen LogP contribution in [0, 0.1) is 0 Å². The molecule has 5 heteroatoms. The Labute approximate surface area is 283 Å². The second-order valence-electron chi connectivity index (χ2n) is 12.3. The summed E-state index contributed by atoms with van der Waals surface area (Å²) in [5.41, 5.74) is 7.65. The number of nitrogens with zero attached hydrogens (tertiary/aromatic N) is 4. The highest BCUT2D eigenvalue weighted by atomic mass is 32.1. The lowest BCUT2D eigenvalue weighted by atomic mass is 10.1. The van der Waals surface area contributed by atoms with Gasteiger partial charge in [-0.3, -0.25) is 0 Å². The number of unbranched alkanes of at least 4 members (excludes halogenated alkanes) is 1. The summed E-state index contributed by atoms with van der Waals surface area (Å²) in [6.45, 7) is 2.23. The number of rotatable bonds is 7.